The largest absolute Gasteiger partial charge is 0.356 e. The molecule has 0 spiro atoms. The second-order valence-corrected chi connectivity index (χ2v) is 9.80. The first kappa shape index (κ1) is 27.4. The third-order valence-electron chi connectivity index (χ3n) is 5.84. The number of nitrogens with one attached hydrogen (secondary N) is 1. The summed E-state index contributed by atoms with van der Waals surface area (Å²) in [5.41, 5.74) is 0. The van der Waals surface area contributed by atoms with Gasteiger partial charge in [-0.1, -0.05) is 6.92 Å². The Morgan fingerprint density at radius 1 is 1.10 bits per heavy atom. The summed E-state index contributed by atoms with van der Waals surface area (Å²) >= 11 is 0. The Labute approximate surface area is 199 Å². The van der Waals surface area contributed by atoms with E-state index in [9.17, 15) is 13.2 Å². The molecule has 2 rings (SSSR count). The van der Waals surface area contributed by atoms with Gasteiger partial charge in [0.25, 0.3) is 0 Å². The molecule has 30 heavy (non-hydrogen) atoms. The van der Waals surface area contributed by atoms with Gasteiger partial charge in [-0.2, -0.15) is 0 Å². The van der Waals surface area contributed by atoms with E-state index in [4.69, 9.17) is 0 Å². The molecular formula is C19H39IN6O3S. The van der Waals surface area contributed by atoms with Gasteiger partial charge in [0.1, 0.15) is 0 Å². The predicted octanol–water partition coefficient (Wildman–Crippen LogP) is 0.480. The predicted molar refractivity (Wildman–Crippen MR) is 132 cm³/mol. The van der Waals surface area contributed by atoms with Gasteiger partial charge in [0, 0.05) is 66.0 Å². The van der Waals surface area contributed by atoms with Gasteiger partial charge in [-0.3, -0.25) is 14.7 Å². The molecule has 0 aromatic rings. The molecular weight excluding hydrogens is 519 g/mol. The third-order valence-corrected chi connectivity index (χ3v) is 7.22. The number of carbonyl (C=O) groups is 1. The summed E-state index contributed by atoms with van der Waals surface area (Å²) in [6.45, 7) is 10.6. The van der Waals surface area contributed by atoms with Gasteiger partial charge in [-0.25, -0.2) is 12.7 Å². The van der Waals surface area contributed by atoms with Crippen molar-refractivity contribution >= 4 is 45.9 Å². The number of sulfonamides is 1. The van der Waals surface area contributed by atoms with E-state index >= 15 is 0 Å². The number of hydrogen-bond acceptors (Lipinski definition) is 5. The molecule has 0 aliphatic carbocycles. The van der Waals surface area contributed by atoms with Gasteiger partial charge in [0.05, 0.1) is 12.3 Å². The topological polar surface area (TPSA) is 88.6 Å². The molecule has 0 aromatic heterocycles. The van der Waals surface area contributed by atoms with Gasteiger partial charge in [-0.15, -0.1) is 24.0 Å². The van der Waals surface area contributed by atoms with Crippen molar-refractivity contribution < 1.29 is 13.2 Å². The molecule has 11 heteroatoms. The van der Waals surface area contributed by atoms with Crippen molar-refractivity contribution in [3.8, 4) is 0 Å². The van der Waals surface area contributed by atoms with E-state index in [1.165, 1.54) is 10.6 Å². The van der Waals surface area contributed by atoms with Gasteiger partial charge in [-0.05, 0) is 26.2 Å². The number of carbonyl (C=O) groups excluding carboxylic acids is 1. The minimum absolute atomic E-state index is 0. The Bertz CT molecular complexity index is 661. The van der Waals surface area contributed by atoms with Crippen LogP contribution in [0, 0.1) is 0 Å². The number of guanidine groups is 1. The van der Waals surface area contributed by atoms with Crippen molar-refractivity contribution in [3.63, 3.8) is 0 Å². The highest BCUT2D eigenvalue weighted by molar-refractivity contribution is 14.0. The second-order valence-electron chi connectivity index (χ2n) is 7.81. The fraction of sp³-hybridized carbons (Fsp3) is 0.895. The summed E-state index contributed by atoms with van der Waals surface area (Å²) in [4.78, 5) is 23.5. The fourth-order valence-electron chi connectivity index (χ4n) is 4.03. The number of amides is 1. The second kappa shape index (κ2) is 13.0. The summed E-state index contributed by atoms with van der Waals surface area (Å²) in [6, 6.07) is -0.0683. The van der Waals surface area contributed by atoms with Crippen LogP contribution in [0.15, 0.2) is 4.99 Å². The summed E-state index contributed by atoms with van der Waals surface area (Å²) in [5.74, 6) is 1.09. The van der Waals surface area contributed by atoms with Crippen molar-refractivity contribution in [2.24, 2.45) is 4.99 Å². The Morgan fingerprint density at radius 2 is 1.70 bits per heavy atom. The fourth-order valence-corrected chi connectivity index (χ4v) is 4.96. The average Bonchev–Trinajstić information content (AvgIpc) is 3.24. The first-order valence-corrected chi connectivity index (χ1v) is 12.6. The Balaban J connectivity index is 0.00000450. The molecule has 9 nitrogen and oxygen atoms in total. The minimum Gasteiger partial charge on any atom is -0.356 e. The zero-order chi connectivity index (χ0) is 21.4. The number of aliphatic imine (C=N–C) groups is 1. The van der Waals surface area contributed by atoms with E-state index in [1.54, 1.807) is 7.05 Å². The van der Waals surface area contributed by atoms with E-state index in [1.807, 2.05) is 18.7 Å². The average molecular weight is 559 g/mol. The van der Waals surface area contributed by atoms with E-state index in [-0.39, 0.29) is 35.9 Å². The lowest BCUT2D eigenvalue weighted by Gasteiger charge is -2.39. The van der Waals surface area contributed by atoms with Crippen LogP contribution in [0.2, 0.25) is 0 Å². The molecule has 1 N–H and O–H groups in total. The van der Waals surface area contributed by atoms with Crippen molar-refractivity contribution in [1.29, 1.82) is 0 Å². The standard InChI is InChI=1S/C19H38N6O3S.HI/c1-5-25(29(4,27)28)12-8-9-21-19(20-3)24-15-13-22(14-16-24)17(2)18(26)23-10-6-7-11-23;/h17H,5-16H2,1-4H3,(H,20,21);1H. The minimum atomic E-state index is -3.14. The molecule has 1 amide bonds. The lowest BCUT2D eigenvalue weighted by atomic mass is 10.2. The first-order chi connectivity index (χ1) is 13.8. The first-order valence-electron chi connectivity index (χ1n) is 10.7. The van der Waals surface area contributed by atoms with Crippen LogP contribution in [-0.2, 0) is 14.8 Å². The third kappa shape index (κ3) is 7.79. The van der Waals surface area contributed by atoms with Crippen molar-refractivity contribution in [2.75, 3.05) is 72.2 Å². The van der Waals surface area contributed by atoms with Crippen LogP contribution >= 0.6 is 24.0 Å². The van der Waals surface area contributed by atoms with Gasteiger partial charge in [0.15, 0.2) is 5.96 Å². The number of piperazine rings is 1. The van der Waals surface area contributed by atoms with Crippen LogP contribution in [0.1, 0.15) is 33.1 Å². The molecule has 2 aliphatic rings. The molecule has 2 fully saturated rings. The lowest BCUT2D eigenvalue weighted by Crippen LogP contribution is -2.57. The van der Waals surface area contributed by atoms with E-state index < -0.39 is 10.0 Å². The number of likely N-dealkylation sites (tertiary alicyclic amines) is 1. The molecule has 1 unspecified atom stereocenters. The molecule has 0 radical (unpaired) electrons. The monoisotopic (exact) mass is 558 g/mol. The van der Waals surface area contributed by atoms with Crippen LogP contribution in [0.25, 0.3) is 0 Å². The summed E-state index contributed by atoms with van der Waals surface area (Å²) in [6.07, 6.45) is 4.21. The van der Waals surface area contributed by atoms with Gasteiger partial charge in [0.2, 0.25) is 15.9 Å². The highest BCUT2D eigenvalue weighted by atomic mass is 127. The van der Waals surface area contributed by atoms with Gasteiger partial charge < -0.3 is 15.1 Å². The number of rotatable bonds is 8. The van der Waals surface area contributed by atoms with E-state index in [0.717, 1.165) is 64.5 Å². The summed E-state index contributed by atoms with van der Waals surface area (Å²) in [5, 5.41) is 3.34. The number of halogens is 1. The normalized spacial score (nSPS) is 19.7. The van der Waals surface area contributed by atoms with E-state index in [0.29, 0.717) is 19.6 Å². The van der Waals surface area contributed by atoms with Crippen molar-refractivity contribution in [2.45, 2.75) is 39.2 Å². The lowest BCUT2D eigenvalue weighted by molar-refractivity contribution is -0.135. The Hall–Kier alpha value is -0.660. The van der Waals surface area contributed by atoms with Crippen LogP contribution < -0.4 is 5.32 Å². The maximum atomic E-state index is 12.6. The quantitative estimate of drug-likeness (QED) is 0.202. The maximum absolute atomic E-state index is 12.6. The SMILES string of the molecule is CCN(CCCNC(=NC)N1CCN(C(C)C(=O)N2CCCC2)CC1)S(C)(=O)=O.I. The highest BCUT2D eigenvalue weighted by Crippen LogP contribution is 2.14. The Kier molecular flexibility index (Phi) is 11.9. The van der Waals surface area contributed by atoms with E-state index in [2.05, 4.69) is 20.1 Å². The molecule has 1 atom stereocenters. The molecule has 0 aromatic carbocycles. The molecule has 2 aliphatic heterocycles. The summed E-state index contributed by atoms with van der Waals surface area (Å²) < 4.78 is 24.8. The molecule has 0 bridgehead atoms. The zero-order valence-corrected chi connectivity index (χ0v) is 22.0. The molecule has 176 valence electrons. The molecule has 0 saturated carbocycles. The van der Waals surface area contributed by atoms with Crippen molar-refractivity contribution in [3.05, 3.63) is 0 Å². The van der Waals surface area contributed by atoms with Gasteiger partial charge >= 0.3 is 0 Å². The number of hydrogen-bond donors (Lipinski definition) is 1. The maximum Gasteiger partial charge on any atom is 0.239 e. The Morgan fingerprint density at radius 3 is 2.20 bits per heavy atom. The van der Waals surface area contributed by atoms with Crippen LogP contribution in [0.3, 0.4) is 0 Å². The van der Waals surface area contributed by atoms with Crippen LogP contribution in [-0.4, -0.2) is 118 Å². The van der Waals surface area contributed by atoms with Crippen LogP contribution in [0.4, 0.5) is 0 Å². The summed E-state index contributed by atoms with van der Waals surface area (Å²) in [7, 11) is -1.37. The zero-order valence-electron chi connectivity index (χ0n) is 18.8. The van der Waals surface area contributed by atoms with Crippen LogP contribution in [0.5, 0.6) is 0 Å². The number of nitrogens with zero attached hydrogens (tertiary/aromatic N) is 5. The van der Waals surface area contributed by atoms with Crippen molar-refractivity contribution in [1.82, 2.24) is 24.3 Å². The molecule has 2 heterocycles. The smallest absolute Gasteiger partial charge is 0.239 e. The highest BCUT2D eigenvalue weighted by Gasteiger charge is 2.30. The molecule has 2 saturated heterocycles.